The summed E-state index contributed by atoms with van der Waals surface area (Å²) >= 11 is 0. The summed E-state index contributed by atoms with van der Waals surface area (Å²) in [4.78, 5) is 18.3. The largest absolute Gasteiger partial charge is 0.496 e. The van der Waals surface area contributed by atoms with Crippen molar-refractivity contribution in [3.8, 4) is 17.2 Å². The van der Waals surface area contributed by atoms with Crippen molar-refractivity contribution in [3.63, 3.8) is 0 Å². The molecule has 3 aromatic rings. The number of carbonyl (C=O) groups excluding carboxylic acids is 1. The van der Waals surface area contributed by atoms with Crippen molar-refractivity contribution in [2.24, 2.45) is 0 Å². The van der Waals surface area contributed by atoms with Crippen LogP contribution in [-0.4, -0.2) is 37.4 Å². The molecule has 1 N–H and O–H groups in total. The Morgan fingerprint density at radius 1 is 0.825 bits per heavy atom. The van der Waals surface area contributed by atoms with Crippen molar-refractivity contribution >= 4 is 11.6 Å². The standard InChI is InChI=1S/C32H45N3O5/c1-5-6-7-8-9-10-11-12-13-14-18-21-28-33-31(35-40-28)29(24-19-16-15-17-20-24)32(36)34-30-26(38-3)22-25(37-2)23-27(30)39-4/h15-17,19-20,22-23,29H,5-14,18,21H2,1-4H3,(H,34,36). The van der Waals surface area contributed by atoms with Crippen LogP contribution in [-0.2, 0) is 11.2 Å². The Kier molecular flexibility index (Phi) is 13.3. The number of aromatic nitrogens is 2. The first-order valence-electron chi connectivity index (χ1n) is 14.6. The van der Waals surface area contributed by atoms with Crippen molar-refractivity contribution < 1.29 is 23.5 Å². The summed E-state index contributed by atoms with van der Waals surface area (Å²) < 4.78 is 21.9. The van der Waals surface area contributed by atoms with Gasteiger partial charge < -0.3 is 24.1 Å². The van der Waals surface area contributed by atoms with Gasteiger partial charge in [-0.05, 0) is 12.0 Å². The van der Waals surface area contributed by atoms with E-state index in [4.69, 9.17) is 18.7 Å². The Labute approximate surface area is 238 Å². The summed E-state index contributed by atoms with van der Waals surface area (Å²) in [5, 5.41) is 7.17. The fourth-order valence-corrected chi connectivity index (χ4v) is 4.81. The molecule has 1 aromatic heterocycles. The minimum Gasteiger partial charge on any atom is -0.496 e. The maximum atomic E-state index is 13.7. The summed E-state index contributed by atoms with van der Waals surface area (Å²) in [5.74, 6) is 1.18. The zero-order valence-electron chi connectivity index (χ0n) is 24.5. The third kappa shape index (κ3) is 9.28. The smallest absolute Gasteiger partial charge is 0.240 e. The van der Waals surface area contributed by atoms with E-state index in [1.54, 1.807) is 19.2 Å². The first kappa shape index (κ1) is 31.0. The van der Waals surface area contributed by atoms with Crippen LogP contribution >= 0.6 is 0 Å². The van der Waals surface area contributed by atoms with Gasteiger partial charge in [0.05, 0.1) is 21.3 Å². The Morgan fingerprint density at radius 3 is 1.95 bits per heavy atom. The number of aryl methyl sites for hydroxylation is 1. The van der Waals surface area contributed by atoms with Crippen LogP contribution in [0, 0.1) is 0 Å². The number of ether oxygens (including phenoxy) is 3. The number of methoxy groups -OCH3 is 3. The molecule has 0 bridgehead atoms. The Bertz CT molecular complexity index is 1120. The normalized spacial score (nSPS) is 11.7. The minimum absolute atomic E-state index is 0.324. The quantitative estimate of drug-likeness (QED) is 0.152. The lowest BCUT2D eigenvalue weighted by Gasteiger charge is -2.18. The van der Waals surface area contributed by atoms with Gasteiger partial charge in [-0.2, -0.15) is 4.98 Å². The van der Waals surface area contributed by atoms with Gasteiger partial charge in [-0.1, -0.05) is 107 Å². The number of rotatable bonds is 19. The van der Waals surface area contributed by atoms with E-state index in [0.717, 1.165) is 18.4 Å². The van der Waals surface area contributed by atoms with E-state index < -0.39 is 5.92 Å². The van der Waals surface area contributed by atoms with Gasteiger partial charge in [-0.15, -0.1) is 0 Å². The fourth-order valence-electron chi connectivity index (χ4n) is 4.81. The van der Waals surface area contributed by atoms with E-state index in [1.165, 1.54) is 72.0 Å². The van der Waals surface area contributed by atoms with E-state index in [0.29, 0.717) is 41.1 Å². The first-order chi connectivity index (χ1) is 19.6. The lowest BCUT2D eigenvalue weighted by Crippen LogP contribution is -2.24. The third-order valence-corrected chi connectivity index (χ3v) is 7.09. The molecule has 0 radical (unpaired) electrons. The molecule has 8 nitrogen and oxygen atoms in total. The average Bonchev–Trinajstić information content (AvgIpc) is 3.44. The zero-order valence-corrected chi connectivity index (χ0v) is 24.5. The molecule has 1 heterocycles. The Morgan fingerprint density at radius 2 is 1.40 bits per heavy atom. The number of nitrogens with one attached hydrogen (secondary N) is 1. The predicted octanol–water partition coefficient (Wildman–Crippen LogP) is 7.72. The first-order valence-corrected chi connectivity index (χ1v) is 14.6. The number of benzene rings is 2. The van der Waals surface area contributed by atoms with Crippen molar-refractivity contribution in [2.75, 3.05) is 26.6 Å². The SMILES string of the molecule is CCCCCCCCCCCCCc1nc(C(C(=O)Nc2c(OC)cc(OC)cc2OC)c2ccccc2)no1. The lowest BCUT2D eigenvalue weighted by molar-refractivity contribution is -0.117. The fraction of sp³-hybridized carbons (Fsp3) is 0.531. The van der Waals surface area contributed by atoms with Crippen LogP contribution < -0.4 is 19.5 Å². The summed E-state index contributed by atoms with van der Waals surface area (Å²) in [5.41, 5.74) is 1.16. The second kappa shape index (κ2) is 17.2. The molecule has 1 atom stereocenters. The average molecular weight is 552 g/mol. The third-order valence-electron chi connectivity index (χ3n) is 7.09. The van der Waals surface area contributed by atoms with Crippen molar-refractivity contribution in [1.29, 1.82) is 0 Å². The van der Waals surface area contributed by atoms with E-state index in [-0.39, 0.29) is 5.91 Å². The Hall–Kier alpha value is -3.55. The number of carbonyl (C=O) groups is 1. The highest BCUT2D eigenvalue weighted by Gasteiger charge is 2.30. The highest BCUT2D eigenvalue weighted by atomic mass is 16.5. The Balaban J connectivity index is 1.61. The number of unbranched alkanes of at least 4 members (excludes halogenated alkanes) is 10. The highest BCUT2D eigenvalue weighted by molar-refractivity contribution is 6.00. The van der Waals surface area contributed by atoms with Crippen molar-refractivity contribution in [1.82, 2.24) is 10.1 Å². The van der Waals surface area contributed by atoms with Crippen molar-refractivity contribution in [2.45, 2.75) is 89.9 Å². The van der Waals surface area contributed by atoms with Gasteiger partial charge in [0, 0.05) is 18.6 Å². The van der Waals surface area contributed by atoms with Crippen LogP contribution in [0.2, 0.25) is 0 Å². The summed E-state index contributed by atoms with van der Waals surface area (Å²) in [7, 11) is 4.61. The van der Waals surface area contributed by atoms with Crippen molar-refractivity contribution in [3.05, 3.63) is 59.7 Å². The van der Waals surface area contributed by atoms with Gasteiger partial charge in [0.15, 0.2) is 5.82 Å². The van der Waals surface area contributed by atoms with Gasteiger partial charge in [-0.3, -0.25) is 4.79 Å². The van der Waals surface area contributed by atoms with Crippen LogP contribution in [0.4, 0.5) is 5.69 Å². The summed E-state index contributed by atoms with van der Waals surface area (Å²) in [6.45, 7) is 2.26. The van der Waals surface area contributed by atoms with Gasteiger partial charge in [0.2, 0.25) is 11.8 Å². The molecule has 0 saturated carbocycles. The van der Waals surface area contributed by atoms with Gasteiger partial charge in [-0.25, -0.2) is 0 Å². The van der Waals surface area contributed by atoms with Crippen LogP contribution in [0.15, 0.2) is 47.0 Å². The molecule has 0 aliphatic rings. The number of hydrogen-bond donors (Lipinski definition) is 1. The van der Waals surface area contributed by atoms with Crippen LogP contribution in [0.5, 0.6) is 17.2 Å². The van der Waals surface area contributed by atoms with Crippen LogP contribution in [0.25, 0.3) is 0 Å². The van der Waals surface area contributed by atoms with Gasteiger partial charge >= 0.3 is 0 Å². The van der Waals surface area contributed by atoms with Gasteiger partial charge in [0.25, 0.3) is 0 Å². The minimum atomic E-state index is -0.771. The molecular weight excluding hydrogens is 506 g/mol. The zero-order chi connectivity index (χ0) is 28.6. The second-order valence-electron chi connectivity index (χ2n) is 10.1. The molecule has 0 saturated heterocycles. The molecule has 1 amide bonds. The molecule has 3 rings (SSSR count). The van der Waals surface area contributed by atoms with Crippen LogP contribution in [0.1, 0.15) is 101 Å². The molecule has 0 fully saturated rings. The molecule has 0 aliphatic heterocycles. The maximum absolute atomic E-state index is 13.7. The number of anilines is 1. The van der Waals surface area contributed by atoms with E-state index in [9.17, 15) is 4.79 Å². The summed E-state index contributed by atoms with van der Waals surface area (Å²) in [6, 6.07) is 12.8. The van der Waals surface area contributed by atoms with E-state index >= 15 is 0 Å². The lowest BCUT2D eigenvalue weighted by atomic mass is 9.97. The van der Waals surface area contributed by atoms with E-state index in [1.807, 2.05) is 30.3 Å². The van der Waals surface area contributed by atoms with Gasteiger partial charge in [0.1, 0.15) is 28.9 Å². The predicted molar refractivity (Wildman–Crippen MR) is 157 cm³/mol. The molecule has 0 spiro atoms. The summed E-state index contributed by atoms with van der Waals surface area (Å²) in [6.07, 6.45) is 14.7. The monoisotopic (exact) mass is 551 g/mol. The molecule has 1 unspecified atom stereocenters. The molecular formula is C32H45N3O5. The topological polar surface area (TPSA) is 95.7 Å². The van der Waals surface area contributed by atoms with Crippen LogP contribution in [0.3, 0.4) is 0 Å². The highest BCUT2D eigenvalue weighted by Crippen LogP contribution is 2.40. The number of amides is 1. The number of hydrogen-bond acceptors (Lipinski definition) is 7. The molecule has 40 heavy (non-hydrogen) atoms. The second-order valence-corrected chi connectivity index (χ2v) is 10.1. The molecule has 218 valence electrons. The molecule has 8 heteroatoms. The number of nitrogens with zero attached hydrogens (tertiary/aromatic N) is 2. The maximum Gasteiger partial charge on any atom is 0.240 e. The van der Waals surface area contributed by atoms with E-state index in [2.05, 4.69) is 22.4 Å². The molecule has 0 aliphatic carbocycles. The molecule has 2 aromatic carbocycles.